The summed E-state index contributed by atoms with van der Waals surface area (Å²) in [7, 11) is -2.25. The van der Waals surface area contributed by atoms with E-state index in [9.17, 15) is 18.0 Å². The van der Waals surface area contributed by atoms with Gasteiger partial charge in [0.1, 0.15) is 4.21 Å². The molecule has 0 unspecified atom stereocenters. The molecule has 0 atom stereocenters. The first-order valence-electron chi connectivity index (χ1n) is 8.06. The number of thiophene rings is 1. The van der Waals surface area contributed by atoms with Gasteiger partial charge in [-0.2, -0.15) is 4.31 Å². The van der Waals surface area contributed by atoms with Gasteiger partial charge in [0, 0.05) is 31.7 Å². The summed E-state index contributed by atoms with van der Waals surface area (Å²) in [5, 5.41) is 0. The van der Waals surface area contributed by atoms with Crippen LogP contribution in [0.4, 0.5) is 0 Å². The van der Waals surface area contributed by atoms with Gasteiger partial charge >= 0.3 is 5.97 Å². The van der Waals surface area contributed by atoms with Gasteiger partial charge in [-0.15, -0.1) is 11.3 Å². The van der Waals surface area contributed by atoms with Crippen LogP contribution in [-0.2, 0) is 14.8 Å². The smallest absolute Gasteiger partial charge is 0.337 e. The van der Waals surface area contributed by atoms with Gasteiger partial charge in [-0.05, 0) is 52.3 Å². The van der Waals surface area contributed by atoms with Crippen LogP contribution < -0.4 is 0 Å². The first-order chi connectivity index (χ1) is 12.8. The van der Waals surface area contributed by atoms with Gasteiger partial charge < -0.3 is 9.64 Å². The second-order valence-electron chi connectivity index (χ2n) is 5.82. The number of carbonyl (C=O) groups is 2. The van der Waals surface area contributed by atoms with E-state index in [1.807, 2.05) is 0 Å². The second kappa shape index (κ2) is 8.09. The number of halogens is 1. The van der Waals surface area contributed by atoms with E-state index >= 15 is 0 Å². The van der Waals surface area contributed by atoms with Crippen molar-refractivity contribution in [1.82, 2.24) is 9.21 Å². The maximum Gasteiger partial charge on any atom is 0.337 e. The lowest BCUT2D eigenvalue weighted by molar-refractivity contribution is 0.0599. The Hall–Kier alpha value is -1.75. The highest BCUT2D eigenvalue weighted by molar-refractivity contribution is 9.11. The molecule has 1 aromatic carbocycles. The molecule has 0 N–H and O–H groups in total. The van der Waals surface area contributed by atoms with E-state index in [0.29, 0.717) is 24.2 Å². The second-order valence-corrected chi connectivity index (χ2v) is 10.5. The molecule has 7 nitrogen and oxygen atoms in total. The zero-order valence-corrected chi connectivity index (χ0v) is 17.6. The molecule has 27 heavy (non-hydrogen) atoms. The highest BCUT2D eigenvalue weighted by Crippen LogP contribution is 2.29. The van der Waals surface area contributed by atoms with E-state index in [1.54, 1.807) is 29.2 Å². The van der Waals surface area contributed by atoms with Crippen LogP contribution in [0.1, 0.15) is 20.7 Å². The summed E-state index contributed by atoms with van der Waals surface area (Å²) in [6.45, 7) is 1.10. The third-order valence-corrected chi connectivity index (χ3v) is 8.21. The van der Waals surface area contributed by atoms with Crippen LogP contribution in [0.5, 0.6) is 0 Å². The van der Waals surface area contributed by atoms with Gasteiger partial charge in [0.25, 0.3) is 15.9 Å². The minimum Gasteiger partial charge on any atom is -0.465 e. The SMILES string of the molecule is COC(=O)c1ccc(C(=O)N2CCN(S(=O)(=O)c3ccc(Br)s3)CC2)cc1. The van der Waals surface area contributed by atoms with Crippen molar-refractivity contribution in [3.8, 4) is 0 Å². The number of piperazine rings is 1. The van der Waals surface area contributed by atoms with Crippen molar-refractivity contribution < 1.29 is 22.7 Å². The molecule has 1 aromatic heterocycles. The van der Waals surface area contributed by atoms with Gasteiger partial charge in [-0.1, -0.05) is 0 Å². The number of hydrogen-bond donors (Lipinski definition) is 0. The molecule has 2 aromatic rings. The van der Waals surface area contributed by atoms with Crippen molar-refractivity contribution in [3.05, 3.63) is 51.3 Å². The zero-order chi connectivity index (χ0) is 19.6. The molecule has 1 saturated heterocycles. The number of amides is 1. The quantitative estimate of drug-likeness (QED) is 0.638. The lowest BCUT2D eigenvalue weighted by atomic mass is 10.1. The largest absolute Gasteiger partial charge is 0.465 e. The first-order valence-corrected chi connectivity index (χ1v) is 11.1. The number of sulfonamides is 1. The number of nitrogens with zero attached hydrogens (tertiary/aromatic N) is 2. The van der Waals surface area contributed by atoms with Crippen molar-refractivity contribution in [1.29, 1.82) is 0 Å². The molecule has 0 radical (unpaired) electrons. The number of benzene rings is 1. The number of hydrogen-bond acceptors (Lipinski definition) is 6. The summed E-state index contributed by atoms with van der Waals surface area (Å²) in [6, 6.07) is 9.49. The van der Waals surface area contributed by atoms with E-state index < -0.39 is 16.0 Å². The van der Waals surface area contributed by atoms with Crippen LogP contribution in [0.2, 0.25) is 0 Å². The molecule has 144 valence electrons. The molecular weight excluding hydrogens is 456 g/mol. The third kappa shape index (κ3) is 4.23. The Kier molecular flexibility index (Phi) is 5.99. The number of esters is 1. The molecule has 10 heteroatoms. The van der Waals surface area contributed by atoms with Crippen molar-refractivity contribution in [2.24, 2.45) is 0 Å². The van der Waals surface area contributed by atoms with E-state index in [2.05, 4.69) is 20.7 Å². The standard InChI is InChI=1S/C17H17BrN2O5S2/c1-25-17(22)13-4-2-12(3-5-13)16(21)19-8-10-20(11-9-19)27(23,24)15-7-6-14(18)26-15/h2-7H,8-11H2,1H3. The molecule has 2 heterocycles. The summed E-state index contributed by atoms with van der Waals surface area (Å²) >= 11 is 4.44. The summed E-state index contributed by atoms with van der Waals surface area (Å²) < 4.78 is 32.4. The first kappa shape index (κ1) is 20.0. The Morgan fingerprint density at radius 3 is 2.11 bits per heavy atom. The van der Waals surface area contributed by atoms with E-state index in [4.69, 9.17) is 0 Å². The Morgan fingerprint density at radius 2 is 1.59 bits per heavy atom. The molecular formula is C17H17BrN2O5S2. The molecule has 3 rings (SSSR count). The molecule has 0 saturated carbocycles. The molecule has 1 fully saturated rings. The number of carbonyl (C=O) groups excluding carboxylic acids is 2. The molecule has 0 spiro atoms. The minimum atomic E-state index is -3.54. The Labute approximate surface area is 169 Å². The van der Waals surface area contributed by atoms with Gasteiger partial charge in [0.15, 0.2) is 0 Å². The summed E-state index contributed by atoms with van der Waals surface area (Å²) in [5.41, 5.74) is 0.813. The van der Waals surface area contributed by atoms with Crippen LogP contribution in [-0.4, -0.2) is 62.8 Å². The summed E-state index contributed by atoms with van der Waals surface area (Å²) in [6.07, 6.45) is 0. The molecule has 1 amide bonds. The summed E-state index contributed by atoms with van der Waals surface area (Å²) in [5.74, 6) is -0.657. The summed E-state index contributed by atoms with van der Waals surface area (Å²) in [4.78, 5) is 25.7. The van der Waals surface area contributed by atoms with Crippen LogP contribution in [0.15, 0.2) is 44.4 Å². The highest BCUT2D eigenvalue weighted by Gasteiger charge is 2.31. The fraction of sp³-hybridized carbons (Fsp3) is 0.294. The van der Waals surface area contributed by atoms with Crippen molar-refractivity contribution in [3.63, 3.8) is 0 Å². The normalized spacial score (nSPS) is 15.6. The van der Waals surface area contributed by atoms with Crippen LogP contribution in [0.25, 0.3) is 0 Å². The van der Waals surface area contributed by atoms with Gasteiger partial charge in [0.2, 0.25) is 0 Å². The van der Waals surface area contributed by atoms with Crippen molar-refractivity contribution >= 4 is 49.2 Å². The minimum absolute atomic E-state index is 0.192. The lowest BCUT2D eigenvalue weighted by Crippen LogP contribution is -2.50. The van der Waals surface area contributed by atoms with Gasteiger partial charge in [-0.3, -0.25) is 4.79 Å². The fourth-order valence-electron chi connectivity index (χ4n) is 2.74. The predicted molar refractivity (Wildman–Crippen MR) is 104 cm³/mol. The predicted octanol–water partition coefficient (Wildman–Crippen LogP) is 2.44. The molecule has 0 bridgehead atoms. The Bertz CT molecular complexity index is 948. The Balaban J connectivity index is 1.65. The average molecular weight is 473 g/mol. The molecule has 1 aliphatic heterocycles. The van der Waals surface area contributed by atoms with E-state index in [1.165, 1.54) is 34.9 Å². The monoisotopic (exact) mass is 472 g/mol. The lowest BCUT2D eigenvalue weighted by Gasteiger charge is -2.33. The highest BCUT2D eigenvalue weighted by atomic mass is 79.9. The third-order valence-electron chi connectivity index (χ3n) is 4.22. The zero-order valence-electron chi connectivity index (χ0n) is 14.4. The van der Waals surface area contributed by atoms with Crippen LogP contribution >= 0.6 is 27.3 Å². The van der Waals surface area contributed by atoms with Crippen molar-refractivity contribution in [2.75, 3.05) is 33.3 Å². The molecule has 0 aliphatic carbocycles. The van der Waals surface area contributed by atoms with Gasteiger partial charge in [-0.25, -0.2) is 13.2 Å². The topological polar surface area (TPSA) is 84.0 Å². The number of rotatable bonds is 4. The number of methoxy groups -OCH3 is 1. The van der Waals surface area contributed by atoms with Crippen LogP contribution in [0, 0.1) is 0 Å². The number of ether oxygens (including phenoxy) is 1. The van der Waals surface area contributed by atoms with Crippen LogP contribution in [0.3, 0.4) is 0 Å². The van der Waals surface area contributed by atoms with Crippen molar-refractivity contribution in [2.45, 2.75) is 4.21 Å². The maximum atomic E-state index is 12.6. The average Bonchev–Trinajstić information content (AvgIpc) is 3.14. The molecule has 1 aliphatic rings. The Morgan fingerprint density at radius 1 is 1.00 bits per heavy atom. The fourth-order valence-corrected chi connectivity index (χ4v) is 6.33. The van der Waals surface area contributed by atoms with Gasteiger partial charge in [0.05, 0.1) is 16.5 Å². The van der Waals surface area contributed by atoms with E-state index in [-0.39, 0.29) is 23.2 Å². The maximum absolute atomic E-state index is 12.6. The van der Waals surface area contributed by atoms with E-state index in [0.717, 1.165) is 3.79 Å².